The molecule has 2 aromatic rings. The maximum absolute atomic E-state index is 11.3. The monoisotopic (exact) mass is 311 g/mol. The molecule has 23 heavy (non-hydrogen) atoms. The number of fused-ring (bicyclic) bond motifs is 1. The summed E-state index contributed by atoms with van der Waals surface area (Å²) in [6.07, 6.45) is -0.603. The third kappa shape index (κ3) is 2.94. The normalized spacial score (nSPS) is 15.9. The van der Waals surface area contributed by atoms with E-state index in [-0.39, 0.29) is 11.9 Å². The summed E-state index contributed by atoms with van der Waals surface area (Å²) in [7, 11) is 1.29. The zero-order chi connectivity index (χ0) is 16.4. The van der Waals surface area contributed by atoms with E-state index in [9.17, 15) is 4.79 Å². The average molecular weight is 311 g/mol. The molecule has 118 valence electrons. The minimum Gasteiger partial charge on any atom is -0.453 e. The van der Waals surface area contributed by atoms with Gasteiger partial charge in [0.1, 0.15) is 11.5 Å². The van der Waals surface area contributed by atoms with Crippen LogP contribution in [0.25, 0.3) is 0 Å². The number of amides is 1. The first-order valence-corrected chi connectivity index (χ1v) is 7.14. The van der Waals surface area contributed by atoms with E-state index >= 15 is 0 Å². The lowest BCUT2D eigenvalue weighted by Crippen LogP contribution is -2.30. The average Bonchev–Trinajstić information content (AvgIpc) is 2.55. The van der Waals surface area contributed by atoms with Crippen molar-refractivity contribution in [3.05, 3.63) is 42.0 Å². The Labute approximate surface area is 133 Å². The Balaban J connectivity index is 2.01. The summed E-state index contributed by atoms with van der Waals surface area (Å²) < 4.78 is 4.56. The molecule has 0 aliphatic carbocycles. The highest BCUT2D eigenvalue weighted by Gasteiger charge is 2.23. The molecule has 0 spiro atoms. The molecule has 1 aliphatic rings. The van der Waals surface area contributed by atoms with E-state index in [1.807, 2.05) is 37.3 Å². The quantitative estimate of drug-likeness (QED) is 0.791. The Morgan fingerprint density at radius 1 is 1.35 bits per heavy atom. The van der Waals surface area contributed by atoms with Crippen molar-refractivity contribution in [2.45, 2.75) is 13.0 Å². The Morgan fingerprint density at radius 2 is 2.09 bits per heavy atom. The number of aliphatic imine (C=N–C) groups is 1. The van der Waals surface area contributed by atoms with Crippen molar-refractivity contribution >= 4 is 34.8 Å². The van der Waals surface area contributed by atoms with Crippen molar-refractivity contribution in [1.29, 1.82) is 0 Å². The largest absolute Gasteiger partial charge is 0.453 e. The van der Waals surface area contributed by atoms with Gasteiger partial charge in [-0.1, -0.05) is 30.3 Å². The van der Waals surface area contributed by atoms with Crippen molar-refractivity contribution < 1.29 is 9.53 Å². The molecule has 1 aromatic carbocycles. The van der Waals surface area contributed by atoms with Crippen LogP contribution in [0.4, 0.5) is 27.8 Å². The van der Waals surface area contributed by atoms with Gasteiger partial charge in [0.2, 0.25) is 0 Å². The predicted molar refractivity (Wildman–Crippen MR) is 90.4 cm³/mol. The van der Waals surface area contributed by atoms with Crippen LogP contribution in [0.5, 0.6) is 0 Å². The summed E-state index contributed by atoms with van der Waals surface area (Å²) in [5.74, 6) is 0.549. The molecule has 0 saturated carbocycles. The van der Waals surface area contributed by atoms with E-state index < -0.39 is 6.09 Å². The van der Waals surface area contributed by atoms with Crippen LogP contribution in [-0.2, 0) is 4.74 Å². The number of aromatic nitrogens is 1. The smallest absolute Gasteiger partial charge is 0.412 e. The number of nitrogens with zero attached hydrogens (tertiary/aromatic N) is 2. The van der Waals surface area contributed by atoms with Gasteiger partial charge in [-0.25, -0.2) is 14.8 Å². The molecular weight excluding hydrogens is 294 g/mol. The molecule has 1 amide bonds. The number of nitrogen functional groups attached to an aromatic ring is 1. The number of methoxy groups -OCH3 is 1. The lowest BCUT2D eigenvalue weighted by Gasteiger charge is -2.25. The van der Waals surface area contributed by atoms with Gasteiger partial charge in [-0.15, -0.1) is 0 Å². The van der Waals surface area contributed by atoms with Crippen molar-refractivity contribution in [2.75, 3.05) is 23.5 Å². The molecule has 1 aliphatic heterocycles. The molecule has 0 saturated heterocycles. The third-order valence-corrected chi connectivity index (χ3v) is 3.52. The van der Waals surface area contributed by atoms with Gasteiger partial charge in [-0.3, -0.25) is 5.32 Å². The van der Waals surface area contributed by atoms with Crippen molar-refractivity contribution in [2.24, 2.45) is 4.99 Å². The fraction of sp³-hybridized carbons (Fsp3) is 0.188. The van der Waals surface area contributed by atoms with Gasteiger partial charge >= 0.3 is 6.09 Å². The molecule has 0 fully saturated rings. The first-order valence-electron chi connectivity index (χ1n) is 7.14. The minimum atomic E-state index is -0.603. The molecule has 4 N–H and O–H groups in total. The summed E-state index contributed by atoms with van der Waals surface area (Å²) in [5.41, 5.74) is 9.19. The van der Waals surface area contributed by atoms with E-state index in [1.165, 1.54) is 7.11 Å². The van der Waals surface area contributed by atoms with Crippen LogP contribution in [-0.4, -0.2) is 29.9 Å². The molecule has 1 aromatic heterocycles. The number of carbonyl (C=O) groups excluding carboxylic acids is 1. The van der Waals surface area contributed by atoms with E-state index in [2.05, 4.69) is 25.3 Å². The minimum absolute atomic E-state index is 0.00215. The molecule has 7 nitrogen and oxygen atoms in total. The van der Waals surface area contributed by atoms with Crippen molar-refractivity contribution in [1.82, 2.24) is 4.98 Å². The molecule has 3 rings (SSSR count). The summed E-state index contributed by atoms with van der Waals surface area (Å²) in [6, 6.07) is 11.6. The van der Waals surface area contributed by atoms with E-state index in [0.717, 1.165) is 17.0 Å². The van der Waals surface area contributed by atoms with Gasteiger partial charge in [-0.2, -0.15) is 0 Å². The van der Waals surface area contributed by atoms with Crippen molar-refractivity contribution in [3.63, 3.8) is 0 Å². The van der Waals surface area contributed by atoms with E-state index in [1.54, 1.807) is 6.07 Å². The number of carbonyl (C=O) groups is 1. The van der Waals surface area contributed by atoms with Gasteiger partial charge in [0, 0.05) is 6.07 Å². The number of rotatable bonds is 2. The number of hydrogen-bond donors (Lipinski definition) is 3. The zero-order valence-electron chi connectivity index (χ0n) is 12.8. The Bertz CT molecular complexity index is 774. The molecule has 1 atom stereocenters. The van der Waals surface area contributed by atoms with Gasteiger partial charge in [0.25, 0.3) is 0 Å². The number of benzene rings is 1. The third-order valence-electron chi connectivity index (χ3n) is 3.52. The van der Waals surface area contributed by atoms with Crippen LogP contribution in [0, 0.1) is 0 Å². The Hall–Kier alpha value is -3.09. The predicted octanol–water partition coefficient (Wildman–Crippen LogP) is 2.78. The summed E-state index contributed by atoms with van der Waals surface area (Å²) in [4.78, 5) is 20.1. The number of pyridine rings is 1. The van der Waals surface area contributed by atoms with Crippen LogP contribution < -0.4 is 16.4 Å². The summed E-state index contributed by atoms with van der Waals surface area (Å²) in [6.45, 7) is 2.01. The lowest BCUT2D eigenvalue weighted by molar-refractivity contribution is 0.187. The number of ether oxygens (including phenoxy) is 1. The summed E-state index contributed by atoms with van der Waals surface area (Å²) >= 11 is 0. The second kappa shape index (κ2) is 5.96. The number of anilines is 3. The first kappa shape index (κ1) is 14.8. The summed E-state index contributed by atoms with van der Waals surface area (Å²) in [5, 5.41) is 5.84. The van der Waals surface area contributed by atoms with Gasteiger partial charge < -0.3 is 15.8 Å². The Morgan fingerprint density at radius 3 is 2.78 bits per heavy atom. The van der Waals surface area contributed by atoms with E-state index in [0.29, 0.717) is 11.5 Å². The zero-order valence-corrected chi connectivity index (χ0v) is 12.8. The topological polar surface area (TPSA) is 102 Å². The SMILES string of the molecule is COC(=O)Nc1cc2c(c(N)n1)N=C(c1ccccc1)[C@H](C)N2. The molecule has 2 heterocycles. The van der Waals surface area contributed by atoms with Gasteiger partial charge in [0.15, 0.2) is 5.82 Å². The van der Waals surface area contributed by atoms with Crippen LogP contribution in [0.2, 0.25) is 0 Å². The fourth-order valence-electron chi connectivity index (χ4n) is 2.45. The van der Waals surface area contributed by atoms with Crippen LogP contribution in [0.15, 0.2) is 41.4 Å². The van der Waals surface area contributed by atoms with Gasteiger partial charge in [0.05, 0.1) is 24.6 Å². The maximum Gasteiger partial charge on any atom is 0.412 e. The van der Waals surface area contributed by atoms with Gasteiger partial charge in [-0.05, 0) is 12.5 Å². The highest BCUT2D eigenvalue weighted by Crippen LogP contribution is 2.37. The standard InChI is InChI=1S/C16H17N5O2/c1-9-13(10-6-4-3-5-7-10)21-14-11(18-9)8-12(19-15(14)17)20-16(22)23-2/h3-9,18H,1-2H3,(H3,17,19,20,22)/t9-/m0/s1. The lowest BCUT2D eigenvalue weighted by atomic mass is 10.0. The molecular formula is C16H17N5O2. The molecule has 0 unspecified atom stereocenters. The molecule has 0 radical (unpaired) electrons. The number of hydrogen-bond acceptors (Lipinski definition) is 6. The highest BCUT2D eigenvalue weighted by molar-refractivity contribution is 6.10. The molecule has 7 heteroatoms. The maximum atomic E-state index is 11.3. The molecule has 0 bridgehead atoms. The number of nitrogens with one attached hydrogen (secondary N) is 2. The van der Waals surface area contributed by atoms with Crippen LogP contribution in [0.3, 0.4) is 0 Å². The Kier molecular flexibility index (Phi) is 3.84. The second-order valence-electron chi connectivity index (χ2n) is 5.13. The first-order chi connectivity index (χ1) is 11.1. The van der Waals surface area contributed by atoms with Crippen LogP contribution in [0.1, 0.15) is 12.5 Å². The highest BCUT2D eigenvalue weighted by atomic mass is 16.5. The fourth-order valence-corrected chi connectivity index (χ4v) is 2.45. The van der Waals surface area contributed by atoms with E-state index in [4.69, 9.17) is 5.73 Å². The van der Waals surface area contributed by atoms with Crippen molar-refractivity contribution in [3.8, 4) is 0 Å². The number of nitrogens with two attached hydrogens (primary N) is 1. The second-order valence-corrected chi connectivity index (χ2v) is 5.13. The van der Waals surface area contributed by atoms with Crippen LogP contribution >= 0.6 is 0 Å².